The Bertz CT molecular complexity index is 2720. The van der Waals surface area contributed by atoms with E-state index in [9.17, 15) is 0 Å². The van der Waals surface area contributed by atoms with Crippen LogP contribution in [0.25, 0.3) is 0 Å². The molecule has 0 atom stereocenters. The van der Waals surface area contributed by atoms with Gasteiger partial charge >= 0.3 is 0 Å². The maximum absolute atomic E-state index is 6.75. The lowest BCUT2D eigenvalue weighted by Gasteiger charge is -2.31. The summed E-state index contributed by atoms with van der Waals surface area (Å²) in [4.78, 5) is 0. The molecule has 0 N–H and O–H groups in total. The number of fused-ring (bicyclic) bond motifs is 8. The Labute approximate surface area is 809 Å². The van der Waals surface area contributed by atoms with E-state index in [2.05, 4.69) is 123 Å². The molecule has 0 saturated carbocycles. The lowest BCUT2D eigenvalue weighted by Crippen LogP contribution is -2.15. The van der Waals surface area contributed by atoms with Gasteiger partial charge in [-0.1, -0.05) is 387 Å². The summed E-state index contributed by atoms with van der Waals surface area (Å²) in [6.07, 6.45) is 88.9. The minimum absolute atomic E-state index is 0.0851. The minimum atomic E-state index is -0.0851. The second-order valence-corrected chi connectivity index (χ2v) is 43.3. The monoisotopic (exact) mass is 1850 g/mol. The number of hydrogen-bond donors (Lipinski definition) is 0. The summed E-state index contributed by atoms with van der Waals surface area (Å²) >= 11 is 8.79. The van der Waals surface area contributed by atoms with Crippen molar-refractivity contribution in [2.75, 3.05) is 103 Å². The number of hydrogen-bond acceptors (Lipinski definition) is 12. The lowest BCUT2D eigenvalue weighted by atomic mass is 9.76. The summed E-state index contributed by atoms with van der Waals surface area (Å²) in [5.41, 5.74) is 9.40. The molecular formula is C116H200O8S4. The number of thioether (sulfide) groups is 4. The zero-order chi connectivity index (χ0) is 91.4. The fourth-order valence-electron chi connectivity index (χ4n) is 20.1. The molecule has 5 rings (SSSR count). The van der Waals surface area contributed by atoms with Gasteiger partial charge in [-0.2, -0.15) is 47.0 Å². The van der Waals surface area contributed by atoms with Crippen molar-refractivity contribution in [3.8, 4) is 46.0 Å². The van der Waals surface area contributed by atoms with Crippen molar-refractivity contribution in [3.63, 3.8) is 0 Å². The Morgan fingerprint density at radius 2 is 0.258 bits per heavy atom. The molecular weight excluding hydrogens is 1650 g/mol. The molecule has 0 fully saturated rings. The van der Waals surface area contributed by atoms with Gasteiger partial charge in [0.15, 0.2) is 0 Å². The Hall–Kier alpha value is -3.32. The number of unbranched alkanes of at least 4 members (excludes halogenated alkanes) is 56. The summed E-state index contributed by atoms with van der Waals surface area (Å²) in [6.45, 7) is 9.26. The third kappa shape index (κ3) is 48.9. The largest absolute Gasteiger partial charge is 0.496 e. The minimum Gasteiger partial charge on any atom is -0.496 e. The van der Waals surface area contributed by atoms with Crippen molar-refractivity contribution < 1.29 is 37.9 Å². The molecule has 0 aromatic heterocycles. The molecule has 736 valence electrons. The Balaban J connectivity index is 1.53. The van der Waals surface area contributed by atoms with Crippen LogP contribution in [0, 0.1) is 0 Å². The van der Waals surface area contributed by atoms with E-state index in [0.29, 0.717) is 0 Å². The van der Waals surface area contributed by atoms with Crippen LogP contribution in [0.2, 0.25) is 0 Å². The van der Waals surface area contributed by atoms with E-state index >= 15 is 0 Å². The normalized spacial score (nSPS) is 14.4. The third-order valence-corrected chi connectivity index (χ3v) is 32.6. The number of rotatable bonds is 88. The maximum atomic E-state index is 6.75. The highest BCUT2D eigenvalue weighted by atomic mass is 32.2. The van der Waals surface area contributed by atoms with E-state index in [4.69, 9.17) is 37.9 Å². The molecule has 0 heterocycles. The van der Waals surface area contributed by atoms with E-state index in [1.165, 1.54) is 476 Å². The molecule has 128 heavy (non-hydrogen) atoms. The number of ether oxygens (including phenoxy) is 8. The third-order valence-electron chi connectivity index (χ3n) is 28.0. The summed E-state index contributed by atoms with van der Waals surface area (Å²) in [6, 6.07) is 19.0. The van der Waals surface area contributed by atoms with Crippen molar-refractivity contribution in [1.82, 2.24) is 0 Å². The molecule has 8 nitrogen and oxygen atoms in total. The standard InChI is InChI=1S/C116H200O8S4/c1-13-17-21-25-29-45-57-69-81-125-85-73-61-49-37-33-41-53-65-77-97-101-89-103(111(119-7)93-109(101)117-5)98(78-66-54-42-34-38-50-62-74-86-126-82-70-58-46-30-26-22-18-14-2)105-91-107(115(123-11)95-113(105)121-9)100(80-68-56-44-36-40-52-64-76-88-128-84-72-60-48-32-28-24-20-16-4)108-92-106(114(122-10)96-116(108)124-12)99(104-90-102(97)110(118-6)94-112(104)120-8)79-67-55-43-35-39-51-63-75-87-127-83-71-59-47-31-27-23-19-15-3/h89-100H,13-88H2,1-12H3. The van der Waals surface area contributed by atoms with Gasteiger partial charge in [-0.05, 0) is 147 Å². The molecule has 0 aliphatic heterocycles. The molecule has 12 heteroatoms. The Morgan fingerprint density at radius 3 is 0.375 bits per heavy atom. The highest BCUT2D eigenvalue weighted by Crippen LogP contribution is 2.54. The van der Waals surface area contributed by atoms with Crippen LogP contribution in [-0.2, 0) is 0 Å². The molecule has 0 radical (unpaired) electrons. The van der Waals surface area contributed by atoms with Crippen molar-refractivity contribution in [2.45, 2.75) is 488 Å². The summed E-state index contributed by atoms with van der Waals surface area (Å²) in [5.74, 6) is 17.0. The van der Waals surface area contributed by atoms with Gasteiger partial charge in [-0.3, -0.25) is 0 Å². The average molecular weight is 1850 g/mol. The summed E-state index contributed by atoms with van der Waals surface area (Å²) in [5, 5.41) is 0. The molecule has 0 unspecified atom stereocenters. The maximum Gasteiger partial charge on any atom is 0.126 e. The number of benzene rings is 4. The smallest absolute Gasteiger partial charge is 0.126 e. The van der Waals surface area contributed by atoms with Crippen molar-refractivity contribution in [3.05, 3.63) is 93.0 Å². The van der Waals surface area contributed by atoms with Crippen LogP contribution in [0.3, 0.4) is 0 Å². The van der Waals surface area contributed by atoms with E-state index in [-0.39, 0.29) is 23.7 Å². The highest BCUT2D eigenvalue weighted by Gasteiger charge is 2.35. The summed E-state index contributed by atoms with van der Waals surface area (Å²) < 4.78 is 54.0. The quantitative estimate of drug-likeness (QED) is 0.0395. The first kappa shape index (κ1) is 115. The number of methoxy groups -OCH3 is 8. The first-order valence-electron chi connectivity index (χ1n) is 54.6. The van der Waals surface area contributed by atoms with Gasteiger partial charge in [-0.15, -0.1) is 0 Å². The highest BCUT2D eigenvalue weighted by molar-refractivity contribution is 7.99. The first-order chi connectivity index (χ1) is 63.2. The zero-order valence-corrected chi connectivity index (χ0v) is 88.8. The predicted octanol–water partition coefficient (Wildman–Crippen LogP) is 38.1. The van der Waals surface area contributed by atoms with Crippen molar-refractivity contribution in [2.24, 2.45) is 0 Å². The second-order valence-electron chi connectivity index (χ2n) is 38.4. The van der Waals surface area contributed by atoms with Gasteiger partial charge in [-0.25, -0.2) is 0 Å². The summed E-state index contributed by atoms with van der Waals surface area (Å²) in [7, 11) is 14.9. The molecule has 1 aliphatic rings. The van der Waals surface area contributed by atoms with Crippen LogP contribution in [0.4, 0.5) is 0 Å². The van der Waals surface area contributed by atoms with Gasteiger partial charge in [0.25, 0.3) is 0 Å². The van der Waals surface area contributed by atoms with Gasteiger partial charge in [0, 0.05) is 92.4 Å². The SMILES string of the molecule is CCCCCCCCCCSCCCCCCCCCCC1c2cc(c(OC)cc2OC)C(CCCCCCCCCCSCCCCCCCCCC)c2cc(c(OC)cc2OC)C(CCCCCCCCCCSCCCCCCCCCC)c2cc(c(OC)cc2OC)C(CCCCCCCCCCSCCCCCCCCCC)c2cc1c(OC)cc2OC. The van der Waals surface area contributed by atoms with Gasteiger partial charge in [0.2, 0.25) is 0 Å². The molecule has 0 saturated heterocycles. The molecule has 4 aromatic rings. The molecule has 0 amide bonds. The molecule has 1 aliphatic carbocycles. The molecule has 4 aromatic carbocycles. The first-order valence-corrected chi connectivity index (χ1v) is 59.2. The molecule has 8 bridgehead atoms. The van der Waals surface area contributed by atoms with Crippen LogP contribution in [-0.4, -0.2) is 103 Å². The Morgan fingerprint density at radius 1 is 0.148 bits per heavy atom. The Kier molecular flexibility index (Phi) is 71.9. The van der Waals surface area contributed by atoms with Crippen molar-refractivity contribution >= 4 is 47.0 Å². The van der Waals surface area contributed by atoms with Crippen molar-refractivity contribution in [1.29, 1.82) is 0 Å². The van der Waals surface area contributed by atoms with E-state index in [1.807, 2.05) is 56.9 Å². The fourth-order valence-corrected chi connectivity index (χ4v) is 24.2. The van der Waals surface area contributed by atoms with E-state index in [1.54, 1.807) is 0 Å². The van der Waals surface area contributed by atoms with Gasteiger partial charge in [0.1, 0.15) is 46.0 Å². The second kappa shape index (κ2) is 79.9. The van der Waals surface area contributed by atoms with Gasteiger partial charge in [0.05, 0.1) is 56.9 Å². The van der Waals surface area contributed by atoms with Crippen LogP contribution < -0.4 is 37.9 Å². The van der Waals surface area contributed by atoms with Crippen LogP contribution in [0.5, 0.6) is 46.0 Å². The van der Waals surface area contributed by atoms with E-state index < -0.39 is 0 Å². The van der Waals surface area contributed by atoms with Crippen LogP contribution in [0.1, 0.15) is 532 Å². The van der Waals surface area contributed by atoms with Gasteiger partial charge < -0.3 is 37.9 Å². The average Bonchev–Trinajstić information content (AvgIpc) is 0.746. The lowest BCUT2D eigenvalue weighted by molar-refractivity contribution is 0.371. The van der Waals surface area contributed by atoms with Crippen LogP contribution >= 0.6 is 47.0 Å². The fraction of sp³-hybridized carbons (Fsp3) is 0.793. The predicted molar refractivity (Wildman–Crippen MR) is 572 cm³/mol. The van der Waals surface area contributed by atoms with E-state index in [0.717, 1.165) is 97.4 Å². The van der Waals surface area contributed by atoms with Crippen LogP contribution in [0.15, 0.2) is 48.5 Å². The topological polar surface area (TPSA) is 73.8 Å². The zero-order valence-electron chi connectivity index (χ0n) is 85.6. The molecule has 0 spiro atoms.